The monoisotopic (exact) mass is 744 g/mol. The van der Waals surface area contributed by atoms with Crippen LogP contribution in [0.25, 0.3) is 6.08 Å². The van der Waals surface area contributed by atoms with Crippen molar-refractivity contribution in [2.24, 2.45) is 0 Å². The second kappa shape index (κ2) is 17.8. The van der Waals surface area contributed by atoms with Gasteiger partial charge in [-0.1, -0.05) is 84.4 Å². The summed E-state index contributed by atoms with van der Waals surface area (Å²) in [5.74, 6) is -1.51. The van der Waals surface area contributed by atoms with Crippen LogP contribution < -0.4 is 16.0 Å². The predicted molar refractivity (Wildman–Crippen MR) is 212 cm³/mol. The molecule has 0 radical (unpaired) electrons. The van der Waals surface area contributed by atoms with Crippen LogP contribution in [0.3, 0.4) is 0 Å². The summed E-state index contributed by atoms with van der Waals surface area (Å²) >= 11 is 2.73. The highest BCUT2D eigenvalue weighted by Gasteiger charge is 2.29. The van der Waals surface area contributed by atoms with Crippen molar-refractivity contribution in [3.8, 4) is 0 Å². The summed E-state index contributed by atoms with van der Waals surface area (Å²) in [6.07, 6.45) is 2.32. The molecule has 0 saturated heterocycles. The third kappa shape index (κ3) is 10.1. The molecule has 0 spiro atoms. The fraction of sp³-hybridized carbons (Fsp3) is 0.190. The molecule has 6 rings (SSSR count). The van der Waals surface area contributed by atoms with Crippen LogP contribution >= 0.6 is 23.1 Å². The first kappa shape index (κ1) is 37.3. The topological polar surface area (TPSA) is 117 Å². The van der Waals surface area contributed by atoms with Crippen LogP contribution in [0.2, 0.25) is 0 Å². The number of hydrogen-bond acceptors (Lipinski definition) is 8. The van der Waals surface area contributed by atoms with Crippen LogP contribution in [0, 0.1) is 6.92 Å². The Hall–Kier alpha value is -5.49. The van der Waals surface area contributed by atoms with E-state index in [0.717, 1.165) is 39.6 Å². The van der Waals surface area contributed by atoms with E-state index in [1.165, 1.54) is 28.7 Å². The van der Waals surface area contributed by atoms with Crippen LogP contribution in [0.4, 0.5) is 10.7 Å². The summed E-state index contributed by atoms with van der Waals surface area (Å²) in [4.78, 5) is 57.1. The van der Waals surface area contributed by atoms with Gasteiger partial charge in [-0.25, -0.2) is 4.79 Å². The van der Waals surface area contributed by atoms with Crippen molar-refractivity contribution >= 4 is 63.6 Å². The SMILES string of the molecule is CCOC(=O)c1c(NC(=O)CSc2cccc(NC(=O)/C(=C/c3ccc(C)cc3)NC(=O)c3ccccc3)c2)sc2c1CCN(Cc1ccccc1)C2. The van der Waals surface area contributed by atoms with E-state index in [4.69, 9.17) is 4.74 Å². The first-order chi connectivity index (χ1) is 25.7. The molecule has 0 unspecified atom stereocenters. The summed E-state index contributed by atoms with van der Waals surface area (Å²) in [6.45, 7) is 6.26. The highest BCUT2D eigenvalue weighted by atomic mass is 32.2. The van der Waals surface area contributed by atoms with Crippen molar-refractivity contribution in [1.29, 1.82) is 0 Å². The maximum atomic E-state index is 13.6. The Bertz CT molecular complexity index is 2110. The first-order valence-electron chi connectivity index (χ1n) is 17.3. The van der Waals surface area contributed by atoms with Crippen molar-refractivity contribution in [1.82, 2.24) is 10.2 Å². The lowest BCUT2D eigenvalue weighted by Gasteiger charge is -2.27. The second-order valence-electron chi connectivity index (χ2n) is 12.5. The predicted octanol–water partition coefficient (Wildman–Crippen LogP) is 7.93. The minimum Gasteiger partial charge on any atom is -0.462 e. The zero-order chi connectivity index (χ0) is 37.2. The molecule has 0 aliphatic carbocycles. The van der Waals surface area contributed by atoms with E-state index < -0.39 is 17.8 Å². The maximum absolute atomic E-state index is 13.6. The fourth-order valence-corrected chi connectivity index (χ4v) is 7.93. The normalized spacial score (nSPS) is 12.8. The van der Waals surface area contributed by atoms with Crippen LogP contribution in [-0.2, 0) is 33.8 Å². The van der Waals surface area contributed by atoms with Crippen molar-refractivity contribution in [3.63, 3.8) is 0 Å². The average molecular weight is 745 g/mol. The minimum absolute atomic E-state index is 0.0775. The fourth-order valence-electron chi connectivity index (χ4n) is 5.89. The average Bonchev–Trinajstić information content (AvgIpc) is 3.52. The number of amides is 3. The number of thioether (sulfide) groups is 1. The third-order valence-corrected chi connectivity index (χ3v) is 10.6. The number of rotatable bonds is 13. The van der Waals surface area contributed by atoms with E-state index in [-0.39, 0.29) is 24.0 Å². The number of carbonyl (C=O) groups excluding carboxylic acids is 4. The zero-order valence-electron chi connectivity index (χ0n) is 29.5. The quantitative estimate of drug-likeness (QED) is 0.0637. The number of esters is 1. The Balaban J connectivity index is 1.11. The number of nitrogens with one attached hydrogen (secondary N) is 3. The molecule has 4 aromatic carbocycles. The summed E-state index contributed by atoms with van der Waals surface area (Å²) in [5, 5.41) is 9.14. The smallest absolute Gasteiger partial charge is 0.341 e. The lowest BCUT2D eigenvalue weighted by atomic mass is 10.0. The van der Waals surface area contributed by atoms with Gasteiger partial charge in [0.1, 0.15) is 10.7 Å². The van der Waals surface area contributed by atoms with Crippen molar-refractivity contribution in [2.75, 3.05) is 29.5 Å². The molecular formula is C42H40N4O5S2. The molecule has 3 amide bonds. The van der Waals surface area contributed by atoms with E-state index in [2.05, 4.69) is 33.0 Å². The molecule has 0 fully saturated rings. The molecule has 53 heavy (non-hydrogen) atoms. The second-order valence-corrected chi connectivity index (χ2v) is 14.6. The van der Waals surface area contributed by atoms with Gasteiger partial charge in [-0.05, 0) is 73.4 Å². The summed E-state index contributed by atoms with van der Waals surface area (Å²) in [6, 6.07) is 33.7. The van der Waals surface area contributed by atoms with Crippen LogP contribution in [-0.4, -0.2) is 47.5 Å². The van der Waals surface area contributed by atoms with Gasteiger partial charge < -0.3 is 20.7 Å². The third-order valence-electron chi connectivity index (χ3n) is 8.50. The zero-order valence-corrected chi connectivity index (χ0v) is 31.2. The Morgan fingerprint density at radius 1 is 0.887 bits per heavy atom. The van der Waals surface area contributed by atoms with Crippen LogP contribution in [0.5, 0.6) is 0 Å². The van der Waals surface area contributed by atoms with E-state index in [0.29, 0.717) is 34.8 Å². The summed E-state index contributed by atoms with van der Waals surface area (Å²) in [5.41, 5.74) is 5.45. The molecule has 3 N–H and O–H groups in total. The standard InChI is InChI=1S/C42H40N4O5S2/c1-3-51-42(50)38-34-21-22-46(25-30-11-6-4-7-12-30)26-36(34)53-41(38)45-37(47)27-52-33-16-10-15-32(24-33)43-40(49)35(23-29-19-17-28(2)18-20-29)44-39(48)31-13-8-5-9-14-31/h4-20,23-24H,3,21-22,25-27H2,1-2H3,(H,43,49)(H,44,48)(H,45,47)/b35-23-. The molecule has 5 aromatic rings. The van der Waals surface area contributed by atoms with Gasteiger partial charge in [-0.15, -0.1) is 23.1 Å². The van der Waals surface area contributed by atoms with Gasteiger partial charge in [-0.3, -0.25) is 19.3 Å². The number of fused-ring (bicyclic) bond motifs is 1. The first-order valence-corrected chi connectivity index (χ1v) is 19.1. The Morgan fingerprint density at radius 3 is 2.36 bits per heavy atom. The molecule has 1 aromatic heterocycles. The summed E-state index contributed by atoms with van der Waals surface area (Å²) < 4.78 is 5.41. The Kier molecular flexibility index (Phi) is 12.5. The van der Waals surface area contributed by atoms with Gasteiger partial charge in [0.25, 0.3) is 11.8 Å². The summed E-state index contributed by atoms with van der Waals surface area (Å²) in [7, 11) is 0. The van der Waals surface area contributed by atoms with Gasteiger partial charge >= 0.3 is 5.97 Å². The molecule has 0 saturated carbocycles. The number of carbonyl (C=O) groups is 4. The van der Waals surface area contributed by atoms with Gasteiger partial charge in [0.15, 0.2) is 0 Å². The number of benzene rings is 4. The number of aryl methyl sites for hydroxylation is 1. The van der Waals surface area contributed by atoms with E-state index >= 15 is 0 Å². The highest BCUT2D eigenvalue weighted by molar-refractivity contribution is 8.00. The Morgan fingerprint density at radius 2 is 1.62 bits per heavy atom. The van der Waals surface area contributed by atoms with Gasteiger partial charge in [0, 0.05) is 40.7 Å². The van der Waals surface area contributed by atoms with Crippen LogP contribution in [0.1, 0.15) is 54.8 Å². The molecule has 0 bridgehead atoms. The number of ether oxygens (including phenoxy) is 1. The minimum atomic E-state index is -0.495. The number of hydrogen-bond donors (Lipinski definition) is 3. The molecule has 0 atom stereocenters. The van der Waals surface area contributed by atoms with E-state index in [1.54, 1.807) is 55.5 Å². The van der Waals surface area contributed by atoms with Crippen LogP contribution in [0.15, 0.2) is 120 Å². The largest absolute Gasteiger partial charge is 0.462 e. The van der Waals surface area contributed by atoms with Crippen molar-refractivity contribution in [2.45, 2.75) is 38.3 Å². The molecule has 2 heterocycles. The lowest BCUT2D eigenvalue weighted by Crippen LogP contribution is -2.30. The molecular weight excluding hydrogens is 705 g/mol. The molecule has 11 heteroatoms. The number of anilines is 2. The maximum Gasteiger partial charge on any atom is 0.341 e. The van der Waals surface area contributed by atoms with Crippen molar-refractivity contribution < 1.29 is 23.9 Å². The van der Waals surface area contributed by atoms with E-state index in [9.17, 15) is 19.2 Å². The van der Waals surface area contributed by atoms with Gasteiger partial charge in [0.05, 0.1) is 17.9 Å². The van der Waals surface area contributed by atoms with Crippen molar-refractivity contribution in [3.05, 3.63) is 153 Å². The lowest BCUT2D eigenvalue weighted by molar-refractivity contribution is -0.114. The molecule has 9 nitrogen and oxygen atoms in total. The highest BCUT2D eigenvalue weighted by Crippen LogP contribution is 2.38. The van der Waals surface area contributed by atoms with Gasteiger partial charge in [0.2, 0.25) is 5.91 Å². The molecule has 1 aliphatic rings. The van der Waals surface area contributed by atoms with Gasteiger partial charge in [-0.2, -0.15) is 0 Å². The number of nitrogens with zero attached hydrogens (tertiary/aromatic N) is 1. The Labute approximate surface area is 317 Å². The number of thiophene rings is 1. The van der Waals surface area contributed by atoms with E-state index in [1.807, 2.05) is 61.5 Å². The molecule has 270 valence electrons. The molecule has 1 aliphatic heterocycles.